The van der Waals surface area contributed by atoms with Crippen molar-refractivity contribution < 1.29 is 14.4 Å². The van der Waals surface area contributed by atoms with E-state index in [0.29, 0.717) is 13.1 Å². The van der Waals surface area contributed by atoms with Crippen LogP contribution in [0.25, 0.3) is 0 Å². The second kappa shape index (κ2) is 8.03. The molecule has 2 saturated heterocycles. The molecule has 2 aromatic rings. The summed E-state index contributed by atoms with van der Waals surface area (Å²) in [5.41, 5.74) is 1.05. The van der Waals surface area contributed by atoms with E-state index in [4.69, 9.17) is 0 Å². The number of hydrogen-bond donors (Lipinski definition) is 1. The van der Waals surface area contributed by atoms with Crippen molar-refractivity contribution in [3.8, 4) is 0 Å². The minimum Gasteiger partial charge on any atom is -0.341 e. The predicted molar refractivity (Wildman–Crippen MR) is 130 cm³/mol. The number of thioether (sulfide) groups is 1. The molecule has 3 aliphatic heterocycles. The Morgan fingerprint density at radius 1 is 1.09 bits per heavy atom. The molecule has 1 N–H and O–H groups in total. The summed E-state index contributed by atoms with van der Waals surface area (Å²) >= 11 is 2.93. The van der Waals surface area contributed by atoms with Crippen molar-refractivity contribution in [3.05, 3.63) is 44.6 Å². The number of piperidine rings is 1. The van der Waals surface area contributed by atoms with E-state index >= 15 is 0 Å². The molecule has 4 fully saturated rings. The van der Waals surface area contributed by atoms with Gasteiger partial charge in [0.1, 0.15) is 6.54 Å². The molecule has 3 amide bonds. The van der Waals surface area contributed by atoms with Gasteiger partial charge in [-0.3, -0.25) is 29.1 Å². The Morgan fingerprint density at radius 2 is 1.86 bits per heavy atom. The molecule has 2 bridgehead atoms. The van der Waals surface area contributed by atoms with Gasteiger partial charge in [0.05, 0.1) is 16.9 Å². The second-order valence-electron chi connectivity index (χ2n) is 10.5. The second-order valence-corrected chi connectivity index (χ2v) is 12.7. The molecular weight excluding hydrogens is 484 g/mol. The van der Waals surface area contributed by atoms with Crippen molar-refractivity contribution in [1.82, 2.24) is 19.8 Å². The van der Waals surface area contributed by atoms with Crippen LogP contribution < -0.4 is 4.87 Å². The van der Waals surface area contributed by atoms with Crippen LogP contribution >= 0.6 is 23.1 Å². The third-order valence-corrected chi connectivity index (χ3v) is 11.4. The molecule has 5 aliphatic rings. The van der Waals surface area contributed by atoms with Gasteiger partial charge in [-0.15, -0.1) is 11.8 Å². The normalized spacial score (nSPS) is 35.3. The summed E-state index contributed by atoms with van der Waals surface area (Å²) in [7, 11) is 0. The first-order valence-corrected chi connectivity index (χ1v) is 14.1. The highest BCUT2D eigenvalue weighted by Crippen LogP contribution is 2.68. The number of nitrogens with one attached hydrogen (secondary N) is 1. The molecule has 7 atom stereocenters. The maximum Gasteiger partial charge on any atom is 0.305 e. The summed E-state index contributed by atoms with van der Waals surface area (Å²) in [6.45, 7) is 1.29. The smallest absolute Gasteiger partial charge is 0.305 e. The number of amides is 3. The zero-order valence-corrected chi connectivity index (χ0v) is 20.7. The number of pyridine rings is 1. The van der Waals surface area contributed by atoms with Crippen LogP contribution in [0.5, 0.6) is 0 Å². The summed E-state index contributed by atoms with van der Waals surface area (Å²) < 4.78 is 0. The number of nitrogens with zero attached hydrogens (tertiary/aromatic N) is 3. The molecule has 5 heterocycles. The zero-order valence-electron chi connectivity index (χ0n) is 19.1. The van der Waals surface area contributed by atoms with E-state index in [1.807, 2.05) is 18.3 Å². The third kappa shape index (κ3) is 3.15. The quantitative estimate of drug-likeness (QED) is 0.636. The van der Waals surface area contributed by atoms with E-state index in [1.165, 1.54) is 16.2 Å². The number of carbonyl (C=O) groups is 3. The molecule has 6 unspecified atom stereocenters. The van der Waals surface area contributed by atoms with Crippen LogP contribution in [0.4, 0.5) is 0 Å². The van der Waals surface area contributed by atoms with Crippen molar-refractivity contribution in [2.45, 2.75) is 41.9 Å². The van der Waals surface area contributed by atoms with Gasteiger partial charge in [-0.05, 0) is 55.1 Å². The van der Waals surface area contributed by atoms with Crippen LogP contribution in [0, 0.1) is 29.6 Å². The molecule has 2 aromatic heterocycles. The number of carbonyl (C=O) groups excluding carboxylic acids is 3. The third-order valence-electron chi connectivity index (χ3n) is 8.86. The number of imide groups is 1. The monoisotopic (exact) mass is 510 g/mol. The lowest BCUT2D eigenvalue weighted by Gasteiger charge is -2.42. The fourth-order valence-electron chi connectivity index (χ4n) is 7.55. The number of aromatic amines is 1. The molecule has 182 valence electrons. The van der Waals surface area contributed by atoms with Crippen molar-refractivity contribution >= 4 is 40.8 Å². The number of rotatable bonds is 3. The molecule has 2 saturated carbocycles. The van der Waals surface area contributed by atoms with Gasteiger partial charge in [0.15, 0.2) is 0 Å². The summed E-state index contributed by atoms with van der Waals surface area (Å²) in [5, 5.41) is 1.05. The van der Waals surface area contributed by atoms with Gasteiger partial charge in [0.25, 0.3) is 0 Å². The first kappa shape index (κ1) is 21.8. The van der Waals surface area contributed by atoms with Crippen LogP contribution in [0.1, 0.15) is 42.0 Å². The number of fused-ring (bicyclic) bond motifs is 9. The summed E-state index contributed by atoms with van der Waals surface area (Å²) in [6, 6.07) is 3.96. The Hall–Kier alpha value is -2.46. The topological polar surface area (TPSA) is 103 Å². The molecule has 10 heteroatoms. The van der Waals surface area contributed by atoms with Gasteiger partial charge >= 0.3 is 4.87 Å². The maximum absolute atomic E-state index is 13.6. The average Bonchev–Trinajstić information content (AvgIpc) is 3.61. The van der Waals surface area contributed by atoms with Crippen molar-refractivity contribution in [2.24, 2.45) is 29.6 Å². The number of H-pyrrole nitrogens is 1. The Morgan fingerprint density at radius 3 is 2.60 bits per heavy atom. The number of hydrogen-bond acceptors (Lipinski definition) is 7. The average molecular weight is 511 g/mol. The van der Waals surface area contributed by atoms with Crippen LogP contribution in [0.3, 0.4) is 0 Å². The lowest BCUT2D eigenvalue weighted by molar-refractivity contribution is -0.147. The fourth-order valence-corrected chi connectivity index (χ4v) is 10.4. The summed E-state index contributed by atoms with van der Waals surface area (Å²) in [5.74, 6) is -0.887. The van der Waals surface area contributed by atoms with E-state index in [9.17, 15) is 19.2 Å². The van der Waals surface area contributed by atoms with Gasteiger partial charge in [0.2, 0.25) is 17.7 Å². The van der Waals surface area contributed by atoms with Gasteiger partial charge < -0.3 is 9.88 Å². The lowest BCUT2D eigenvalue weighted by atomic mass is 9.68. The Kier molecular flexibility index (Phi) is 5.00. The highest BCUT2D eigenvalue weighted by atomic mass is 32.2. The highest BCUT2D eigenvalue weighted by Gasteiger charge is 2.69. The van der Waals surface area contributed by atoms with Gasteiger partial charge in [0, 0.05) is 41.5 Å². The number of aromatic nitrogens is 2. The van der Waals surface area contributed by atoms with E-state index in [1.54, 1.807) is 22.9 Å². The van der Waals surface area contributed by atoms with Gasteiger partial charge in [-0.1, -0.05) is 17.4 Å². The maximum atomic E-state index is 13.6. The predicted octanol–water partition coefficient (Wildman–Crippen LogP) is 2.32. The van der Waals surface area contributed by atoms with Gasteiger partial charge in [-0.25, -0.2) is 0 Å². The lowest BCUT2D eigenvalue weighted by Crippen LogP contribution is -2.45. The fraction of sp³-hybridized carbons (Fsp3) is 0.560. The first-order chi connectivity index (χ1) is 17.0. The van der Waals surface area contributed by atoms with Crippen molar-refractivity contribution in [2.75, 3.05) is 19.6 Å². The zero-order chi connectivity index (χ0) is 23.8. The van der Waals surface area contributed by atoms with Crippen LogP contribution in [0.2, 0.25) is 0 Å². The van der Waals surface area contributed by atoms with E-state index in [-0.39, 0.29) is 69.9 Å². The number of thiazole rings is 1. The van der Waals surface area contributed by atoms with E-state index < -0.39 is 0 Å². The standard InChI is InChI=1S/C25H26N4O4S2/c30-15(28-7-2-1-3-8-28)11-29-23(31)18-13-9-14(19(18)24(29)32)20-17(13)16(12-5-4-6-26-10-12)21-22(34-20)27-25(33)35-21/h4-6,10,13-14,16-20H,1-3,7-9,11H2,(H,27,33)/t13?,14?,16-,17?,18?,19?,20?/m1/s1. The molecule has 7 rings (SSSR count). The SMILES string of the molecule is O=C(CN1C(=O)C2C3CC(C2C1=O)C1C3Sc2[nH]c(=O)sc2[C@@H]1c1cccnc1)N1CCCCC1. The van der Waals surface area contributed by atoms with Gasteiger partial charge in [-0.2, -0.15) is 0 Å². The summed E-state index contributed by atoms with van der Waals surface area (Å²) in [6.07, 6.45) is 7.52. The van der Waals surface area contributed by atoms with Crippen LogP contribution in [0.15, 0.2) is 34.3 Å². The molecule has 0 spiro atoms. The number of likely N-dealkylation sites (tertiary alicyclic amines) is 2. The Labute approximate surface area is 210 Å². The molecule has 35 heavy (non-hydrogen) atoms. The molecule has 8 nitrogen and oxygen atoms in total. The summed E-state index contributed by atoms with van der Waals surface area (Å²) in [4.78, 5) is 63.7. The first-order valence-electron chi connectivity index (χ1n) is 12.5. The minimum absolute atomic E-state index is 0.0169. The Bertz CT molecular complexity index is 1270. The van der Waals surface area contributed by atoms with Crippen molar-refractivity contribution in [3.63, 3.8) is 0 Å². The highest BCUT2D eigenvalue weighted by molar-refractivity contribution is 8.00. The largest absolute Gasteiger partial charge is 0.341 e. The molecular formula is C25H26N4O4S2. The minimum atomic E-state index is -0.361. The van der Waals surface area contributed by atoms with Crippen LogP contribution in [-0.2, 0) is 14.4 Å². The molecule has 0 radical (unpaired) electrons. The van der Waals surface area contributed by atoms with Crippen molar-refractivity contribution in [1.29, 1.82) is 0 Å². The van der Waals surface area contributed by atoms with E-state index in [2.05, 4.69) is 9.97 Å². The van der Waals surface area contributed by atoms with E-state index in [0.717, 1.165) is 41.1 Å². The molecule has 2 aliphatic carbocycles. The molecule has 0 aromatic carbocycles. The Balaban J connectivity index is 1.22. The van der Waals surface area contributed by atoms with Crippen LogP contribution in [-0.4, -0.2) is 62.4 Å².